The van der Waals surface area contributed by atoms with E-state index < -0.39 is 43.3 Å². The number of allylic oxidation sites excluding steroid dienone is 1. The van der Waals surface area contributed by atoms with Gasteiger partial charge in [0.05, 0.1) is 13.2 Å². The van der Waals surface area contributed by atoms with Gasteiger partial charge in [0.25, 0.3) is 0 Å². The van der Waals surface area contributed by atoms with Crippen LogP contribution < -0.4 is 56.5 Å². The number of aliphatic hydroxyl groups excluding tert-OH is 4. The van der Waals surface area contributed by atoms with Gasteiger partial charge in [0.2, 0.25) is 0 Å². The van der Waals surface area contributed by atoms with Crippen LogP contribution in [0.4, 0.5) is 0 Å². The summed E-state index contributed by atoms with van der Waals surface area (Å²) in [6.45, 7) is -0.368. The number of carboxylic acids is 1. The summed E-state index contributed by atoms with van der Waals surface area (Å²) >= 11 is 0. The van der Waals surface area contributed by atoms with Crippen LogP contribution in [-0.2, 0) is 19.1 Å². The fourth-order valence-corrected chi connectivity index (χ4v) is 3.58. The number of Topliss-reactive ketones (excluding diaryl/α,β-unsaturated/α-hetero) is 1. The van der Waals surface area contributed by atoms with Crippen molar-refractivity contribution >= 4 is 11.8 Å². The molecular weight excluding hydrogens is 399 g/mol. The molecule has 154 valence electrons. The van der Waals surface area contributed by atoms with E-state index in [2.05, 4.69) is 0 Å². The Morgan fingerprint density at radius 1 is 1.21 bits per heavy atom. The minimum absolute atomic E-state index is 0. The van der Waals surface area contributed by atoms with Crippen LogP contribution in [0.1, 0.15) is 32.1 Å². The molecule has 7 atom stereocenters. The average Bonchev–Trinajstić information content (AvgIpc) is 2.96. The molecule has 0 amide bonds. The Hall–Kier alpha value is 0.276. The second-order valence-corrected chi connectivity index (χ2v) is 7.01. The number of carbonyl (C=O) groups excluding carboxylic acids is 2. The molecule has 1 heterocycles. The van der Waals surface area contributed by atoms with E-state index in [0.717, 1.165) is 0 Å². The molecule has 0 spiro atoms. The smallest absolute Gasteiger partial charge is 0.550 e. The SMILES string of the molecule is O=C([O-])C[C@H]1CCC(=O)[C@@H]1C/C=C/CCO[C@@H]1O[C@H](CO)[C@@H](O)[C@H](O)[C@H]1O.[K+]. The zero-order chi connectivity index (χ0) is 20.0. The third-order valence-corrected chi connectivity index (χ3v) is 5.14. The minimum atomic E-state index is -1.48. The number of aliphatic hydroxyl groups is 4. The first kappa shape index (κ1) is 26.3. The fraction of sp³-hybridized carbons (Fsp3) is 0.778. The van der Waals surface area contributed by atoms with Crippen LogP contribution in [0.15, 0.2) is 12.2 Å². The molecule has 1 saturated heterocycles. The monoisotopic (exact) mass is 426 g/mol. The Labute approximate surface area is 206 Å². The van der Waals surface area contributed by atoms with Crippen LogP contribution in [0.5, 0.6) is 0 Å². The summed E-state index contributed by atoms with van der Waals surface area (Å²) in [4.78, 5) is 22.6. The molecule has 1 saturated carbocycles. The summed E-state index contributed by atoms with van der Waals surface area (Å²) < 4.78 is 10.6. The Kier molecular flexibility index (Phi) is 12.1. The van der Waals surface area contributed by atoms with Crippen LogP contribution in [-0.4, -0.2) is 76.1 Å². The van der Waals surface area contributed by atoms with Gasteiger partial charge in [-0.2, -0.15) is 0 Å². The summed E-state index contributed by atoms with van der Waals surface area (Å²) in [5.41, 5.74) is 0. The second kappa shape index (κ2) is 12.9. The number of carbonyl (C=O) groups is 2. The fourth-order valence-electron chi connectivity index (χ4n) is 3.58. The zero-order valence-electron chi connectivity index (χ0n) is 16.0. The zero-order valence-corrected chi connectivity index (χ0v) is 19.1. The van der Waals surface area contributed by atoms with Crippen molar-refractivity contribution in [3.63, 3.8) is 0 Å². The van der Waals surface area contributed by atoms with E-state index in [1.54, 1.807) is 12.2 Å². The van der Waals surface area contributed by atoms with E-state index >= 15 is 0 Å². The molecule has 0 aromatic heterocycles. The molecule has 2 aliphatic rings. The van der Waals surface area contributed by atoms with Crippen LogP contribution >= 0.6 is 0 Å². The third kappa shape index (κ3) is 7.20. The number of aliphatic carboxylic acids is 1. The molecule has 9 nitrogen and oxygen atoms in total. The van der Waals surface area contributed by atoms with E-state index in [1.165, 1.54) is 0 Å². The Morgan fingerprint density at radius 3 is 2.57 bits per heavy atom. The molecule has 1 aliphatic carbocycles. The van der Waals surface area contributed by atoms with Crippen molar-refractivity contribution in [2.75, 3.05) is 13.2 Å². The summed E-state index contributed by atoms with van der Waals surface area (Å²) in [6, 6.07) is 0. The van der Waals surface area contributed by atoms with E-state index in [4.69, 9.17) is 14.6 Å². The van der Waals surface area contributed by atoms with Crippen LogP contribution in [0.2, 0.25) is 0 Å². The van der Waals surface area contributed by atoms with Gasteiger partial charge >= 0.3 is 51.4 Å². The van der Waals surface area contributed by atoms with E-state index in [0.29, 0.717) is 25.7 Å². The predicted octanol–water partition coefficient (Wildman–Crippen LogP) is -5.12. The first-order chi connectivity index (χ1) is 12.8. The van der Waals surface area contributed by atoms with E-state index in [1.807, 2.05) is 0 Å². The molecule has 2 fully saturated rings. The molecule has 4 N–H and O–H groups in total. The van der Waals surface area contributed by atoms with Crippen molar-refractivity contribution in [3.8, 4) is 0 Å². The maximum Gasteiger partial charge on any atom is 1.00 e. The normalized spacial score (nSPS) is 35.9. The topological polar surface area (TPSA) is 157 Å². The van der Waals surface area contributed by atoms with Crippen LogP contribution in [0.3, 0.4) is 0 Å². The number of carboxylic acid groups (broad SMARTS) is 1. The number of ketones is 1. The van der Waals surface area contributed by atoms with Crippen LogP contribution in [0.25, 0.3) is 0 Å². The Morgan fingerprint density at radius 2 is 1.93 bits per heavy atom. The summed E-state index contributed by atoms with van der Waals surface area (Å²) in [5, 5.41) is 49.1. The number of hydrogen-bond acceptors (Lipinski definition) is 9. The first-order valence-electron chi connectivity index (χ1n) is 9.14. The summed E-state index contributed by atoms with van der Waals surface area (Å²) in [6.07, 6.45) is -1.18. The van der Waals surface area contributed by atoms with Gasteiger partial charge in [-0.15, -0.1) is 0 Å². The van der Waals surface area contributed by atoms with Gasteiger partial charge in [-0.05, 0) is 31.6 Å². The summed E-state index contributed by atoms with van der Waals surface area (Å²) in [7, 11) is 0. The van der Waals surface area contributed by atoms with Crippen molar-refractivity contribution in [1.82, 2.24) is 0 Å². The first-order valence-corrected chi connectivity index (χ1v) is 9.14. The number of rotatable bonds is 9. The van der Waals surface area contributed by atoms with Crippen molar-refractivity contribution in [1.29, 1.82) is 0 Å². The van der Waals surface area contributed by atoms with Gasteiger partial charge in [-0.1, -0.05) is 12.2 Å². The average molecular weight is 427 g/mol. The van der Waals surface area contributed by atoms with Crippen molar-refractivity contribution < 1.29 is 96.0 Å². The molecule has 10 heteroatoms. The van der Waals surface area contributed by atoms with Gasteiger partial charge in [-0.3, -0.25) is 4.79 Å². The Bertz CT molecular complexity index is 539. The second-order valence-electron chi connectivity index (χ2n) is 7.01. The van der Waals surface area contributed by atoms with Gasteiger partial charge in [0.15, 0.2) is 6.29 Å². The minimum Gasteiger partial charge on any atom is -0.550 e. The Balaban J connectivity index is 0.00000392. The van der Waals surface area contributed by atoms with Crippen molar-refractivity contribution in [2.24, 2.45) is 11.8 Å². The van der Waals surface area contributed by atoms with E-state index in [-0.39, 0.29) is 82.0 Å². The van der Waals surface area contributed by atoms with Gasteiger partial charge < -0.3 is 39.8 Å². The van der Waals surface area contributed by atoms with Gasteiger partial charge in [0.1, 0.15) is 30.2 Å². The molecule has 0 unspecified atom stereocenters. The summed E-state index contributed by atoms with van der Waals surface area (Å²) in [5.74, 6) is -1.55. The maximum atomic E-state index is 11.9. The molecule has 2 rings (SSSR count). The predicted molar refractivity (Wildman–Crippen MR) is 88.9 cm³/mol. The van der Waals surface area contributed by atoms with Gasteiger partial charge in [0, 0.05) is 18.3 Å². The van der Waals surface area contributed by atoms with Gasteiger partial charge in [-0.25, -0.2) is 0 Å². The third-order valence-electron chi connectivity index (χ3n) is 5.14. The van der Waals surface area contributed by atoms with Crippen LogP contribution in [0, 0.1) is 11.8 Å². The quantitative estimate of drug-likeness (QED) is 0.161. The largest absolute Gasteiger partial charge is 1.00 e. The molecule has 28 heavy (non-hydrogen) atoms. The van der Waals surface area contributed by atoms with Crippen molar-refractivity contribution in [2.45, 2.75) is 62.8 Å². The van der Waals surface area contributed by atoms with E-state index in [9.17, 15) is 30.0 Å². The molecule has 0 aromatic carbocycles. The number of hydrogen-bond donors (Lipinski definition) is 4. The molecular formula is C18H27KO9. The standard InChI is InChI=1S/C18H28O9.K/c19-9-13-15(23)16(24)17(25)18(27-13)26-7-3-1-2-4-11-10(8-14(21)22)5-6-12(11)20;/h1-2,10-11,13,15-19,23-25H,3-9H2,(H,21,22);/q;+1/p-1/b2-1+;/t10-,11-,13-,15-,16+,17-,18-;/m1./s1. The molecule has 0 aromatic rings. The van der Waals surface area contributed by atoms with Crippen molar-refractivity contribution in [3.05, 3.63) is 12.2 Å². The molecule has 0 bridgehead atoms. The number of ether oxygens (including phenoxy) is 2. The molecule has 1 aliphatic heterocycles. The maximum absolute atomic E-state index is 11.9. The molecule has 0 radical (unpaired) electrons.